The first-order chi connectivity index (χ1) is 17.3. The topological polar surface area (TPSA) is 112 Å². The zero-order valence-electron chi connectivity index (χ0n) is 18.8. The van der Waals surface area contributed by atoms with Crippen molar-refractivity contribution < 1.29 is 41.4 Å². The van der Waals surface area contributed by atoms with Crippen LogP contribution < -0.4 is 0 Å². The molecule has 3 aromatic carbocycles. The molecule has 0 bridgehead atoms. The maximum atomic E-state index is 13.6. The van der Waals surface area contributed by atoms with Crippen LogP contribution in [0, 0.1) is 0 Å². The van der Waals surface area contributed by atoms with Crippen molar-refractivity contribution in [2.24, 2.45) is 0 Å². The van der Waals surface area contributed by atoms with Crippen LogP contribution in [0.25, 0.3) is 11.1 Å². The first-order valence-electron chi connectivity index (χ1n) is 10.8. The molecule has 0 heterocycles. The average molecular weight is 554 g/mol. The predicted octanol–water partition coefficient (Wildman–Crippen LogP) is 5.11. The number of benzene rings is 3. The third-order valence-corrected chi connectivity index (χ3v) is 8.44. The maximum absolute atomic E-state index is 13.6. The van der Waals surface area contributed by atoms with E-state index in [-0.39, 0.29) is 4.31 Å². The molecule has 0 amide bonds. The summed E-state index contributed by atoms with van der Waals surface area (Å²) < 4.78 is 68.3. The molecule has 2 N–H and O–H groups in total. The number of aliphatic carboxylic acids is 2. The van der Waals surface area contributed by atoms with E-state index in [2.05, 4.69) is 0 Å². The molecule has 12 heteroatoms. The van der Waals surface area contributed by atoms with Crippen LogP contribution in [0.1, 0.15) is 23.5 Å². The van der Waals surface area contributed by atoms with Crippen LogP contribution in [0.4, 0.5) is 13.2 Å². The van der Waals surface area contributed by atoms with Gasteiger partial charge in [0.1, 0.15) is 12.1 Å². The molecule has 37 heavy (non-hydrogen) atoms. The van der Waals surface area contributed by atoms with Crippen molar-refractivity contribution in [1.29, 1.82) is 0 Å². The van der Waals surface area contributed by atoms with E-state index >= 15 is 0 Å². The van der Waals surface area contributed by atoms with E-state index in [1.54, 1.807) is 24.3 Å². The van der Waals surface area contributed by atoms with Gasteiger partial charge >= 0.3 is 18.1 Å². The minimum absolute atomic E-state index is 0.278. The van der Waals surface area contributed by atoms with Crippen LogP contribution in [0.3, 0.4) is 0 Å². The molecule has 0 spiro atoms. The molecule has 3 aromatic rings. The van der Waals surface area contributed by atoms with Crippen molar-refractivity contribution in [2.45, 2.75) is 28.9 Å². The first-order valence-corrected chi connectivity index (χ1v) is 12.6. The summed E-state index contributed by atoms with van der Waals surface area (Å²) in [5, 5.41) is 20.0. The Balaban J connectivity index is 1.77. The third-order valence-electron chi connectivity index (χ3n) is 6.29. The normalized spacial score (nSPS) is 19.5. The summed E-state index contributed by atoms with van der Waals surface area (Å²) in [6, 6.07) is 16.2. The van der Waals surface area contributed by atoms with E-state index in [0.29, 0.717) is 16.1 Å². The zero-order valence-corrected chi connectivity index (χ0v) is 20.4. The highest BCUT2D eigenvalue weighted by Crippen LogP contribution is 2.59. The van der Waals surface area contributed by atoms with Crippen molar-refractivity contribution in [3.8, 4) is 11.1 Å². The summed E-state index contributed by atoms with van der Waals surface area (Å²) in [4.78, 5) is 23.6. The lowest BCUT2D eigenvalue weighted by atomic mass is 9.99. The number of alkyl halides is 3. The minimum atomic E-state index is -4.82. The summed E-state index contributed by atoms with van der Waals surface area (Å²) in [5.74, 6) is -4.81. The monoisotopic (exact) mass is 553 g/mol. The number of hydrogen-bond donors (Lipinski definition) is 2. The summed E-state index contributed by atoms with van der Waals surface area (Å²) in [7, 11) is -4.76. The smallest absolute Gasteiger partial charge is 0.416 e. The Morgan fingerprint density at radius 3 is 2.00 bits per heavy atom. The standard InChI is InChI=1S/C25H19ClF3NO6S/c26-17-9-5-15(6-10-17)16-7-11-18(12-8-16)37(35,36)30(14-22(31)32)24(23(33)34)13-21(24)19-3-1-2-4-20(19)25(27,28)29/h1-12,21H,13-14H2,(H,31,32)(H,33,34)/t21-,24+/m0/s1. The molecule has 1 saturated carbocycles. The molecule has 1 aliphatic carbocycles. The van der Waals surface area contributed by atoms with E-state index in [4.69, 9.17) is 11.6 Å². The Morgan fingerprint density at radius 1 is 0.946 bits per heavy atom. The molecule has 0 unspecified atom stereocenters. The van der Waals surface area contributed by atoms with Crippen molar-refractivity contribution in [3.05, 3.63) is 88.9 Å². The second-order valence-corrected chi connectivity index (χ2v) is 10.8. The van der Waals surface area contributed by atoms with Crippen LogP contribution in [-0.2, 0) is 25.8 Å². The van der Waals surface area contributed by atoms with Crippen molar-refractivity contribution in [2.75, 3.05) is 6.54 Å². The van der Waals surface area contributed by atoms with Gasteiger partial charge in [0.15, 0.2) is 0 Å². The van der Waals surface area contributed by atoms with Crippen LogP contribution in [0.15, 0.2) is 77.7 Å². The van der Waals surface area contributed by atoms with Gasteiger partial charge in [-0.2, -0.15) is 17.5 Å². The summed E-state index contributed by atoms with van der Waals surface area (Å²) in [6.45, 7) is -1.25. The van der Waals surface area contributed by atoms with Gasteiger partial charge in [-0.15, -0.1) is 0 Å². The molecule has 2 atom stereocenters. The number of carboxylic acid groups (broad SMARTS) is 2. The second-order valence-electron chi connectivity index (χ2n) is 8.51. The number of carbonyl (C=O) groups is 2. The number of halogens is 4. The van der Waals surface area contributed by atoms with Crippen LogP contribution in [-0.4, -0.2) is 47.0 Å². The van der Waals surface area contributed by atoms with Gasteiger partial charge in [-0.3, -0.25) is 9.59 Å². The Kier molecular flexibility index (Phi) is 6.82. The summed E-state index contributed by atoms with van der Waals surface area (Å²) in [5.41, 5.74) is -2.61. The van der Waals surface area contributed by atoms with Crippen LogP contribution in [0.2, 0.25) is 5.02 Å². The van der Waals surface area contributed by atoms with Gasteiger partial charge in [-0.1, -0.05) is 54.1 Å². The molecule has 1 aliphatic rings. The Bertz CT molecular complexity index is 1460. The zero-order chi connectivity index (χ0) is 27.2. The van der Waals surface area contributed by atoms with Gasteiger partial charge < -0.3 is 10.2 Å². The average Bonchev–Trinajstić information content (AvgIpc) is 3.59. The van der Waals surface area contributed by atoms with Gasteiger partial charge in [0, 0.05) is 10.9 Å². The molecule has 0 aliphatic heterocycles. The lowest BCUT2D eigenvalue weighted by Crippen LogP contribution is -2.50. The van der Waals surface area contributed by atoms with E-state index in [0.717, 1.165) is 18.2 Å². The molecule has 0 aromatic heterocycles. The lowest BCUT2D eigenvalue weighted by molar-refractivity contribution is -0.146. The molecular weight excluding hydrogens is 535 g/mol. The highest BCUT2D eigenvalue weighted by atomic mass is 35.5. The molecular formula is C25H19ClF3NO6S. The lowest BCUT2D eigenvalue weighted by Gasteiger charge is -2.28. The van der Waals surface area contributed by atoms with Gasteiger partial charge in [0.05, 0.1) is 10.5 Å². The van der Waals surface area contributed by atoms with E-state index in [1.165, 1.54) is 30.3 Å². The highest BCUT2D eigenvalue weighted by Gasteiger charge is 2.69. The van der Waals surface area contributed by atoms with Crippen molar-refractivity contribution in [3.63, 3.8) is 0 Å². The molecule has 7 nitrogen and oxygen atoms in total. The minimum Gasteiger partial charge on any atom is -0.480 e. The second kappa shape index (κ2) is 9.47. The Morgan fingerprint density at radius 2 is 1.49 bits per heavy atom. The van der Waals surface area contributed by atoms with Crippen molar-refractivity contribution >= 4 is 33.6 Å². The Labute approximate surface area is 214 Å². The van der Waals surface area contributed by atoms with E-state index in [9.17, 15) is 41.4 Å². The van der Waals surface area contributed by atoms with Crippen molar-refractivity contribution in [1.82, 2.24) is 4.31 Å². The molecule has 0 radical (unpaired) electrons. The van der Waals surface area contributed by atoms with Crippen LogP contribution in [0.5, 0.6) is 0 Å². The summed E-state index contributed by atoms with van der Waals surface area (Å²) in [6.07, 6.45) is -5.35. The fraction of sp³-hybridized carbons (Fsp3) is 0.200. The van der Waals surface area contributed by atoms with Gasteiger partial charge in [0.25, 0.3) is 0 Å². The number of nitrogens with zero attached hydrogens (tertiary/aromatic N) is 1. The third kappa shape index (κ3) is 4.94. The number of carboxylic acids is 2. The molecule has 4 rings (SSSR count). The quantitative estimate of drug-likeness (QED) is 0.401. The van der Waals surface area contributed by atoms with E-state index in [1.807, 2.05) is 0 Å². The van der Waals surface area contributed by atoms with Gasteiger partial charge in [-0.25, -0.2) is 8.42 Å². The Hall–Kier alpha value is -3.41. The molecule has 1 fully saturated rings. The summed E-state index contributed by atoms with van der Waals surface area (Å²) >= 11 is 5.88. The number of hydrogen-bond acceptors (Lipinski definition) is 4. The van der Waals surface area contributed by atoms with Crippen LogP contribution >= 0.6 is 11.6 Å². The van der Waals surface area contributed by atoms with Gasteiger partial charge in [0.2, 0.25) is 10.0 Å². The SMILES string of the molecule is O=C(O)CN([C@]1(C(=O)O)C[C@H]1c1ccccc1C(F)(F)F)S(=O)(=O)c1ccc(-c2ccc(Cl)cc2)cc1. The van der Waals surface area contributed by atoms with Gasteiger partial charge in [-0.05, 0) is 53.4 Å². The molecule has 0 saturated heterocycles. The first kappa shape index (κ1) is 26.6. The number of rotatable bonds is 8. The van der Waals surface area contributed by atoms with E-state index < -0.39 is 68.6 Å². The maximum Gasteiger partial charge on any atom is 0.416 e. The predicted molar refractivity (Wildman–Crippen MR) is 128 cm³/mol. The largest absolute Gasteiger partial charge is 0.480 e. The fourth-order valence-corrected chi connectivity index (χ4v) is 6.30. The highest BCUT2D eigenvalue weighted by molar-refractivity contribution is 7.89. The number of sulfonamides is 1. The fourth-order valence-electron chi connectivity index (χ4n) is 4.45. The molecule has 194 valence electrons.